The number of aromatic amines is 1. The first-order valence-electron chi connectivity index (χ1n) is 9.19. The van der Waals surface area contributed by atoms with Gasteiger partial charge in [0.2, 0.25) is 0 Å². The highest BCUT2D eigenvalue weighted by molar-refractivity contribution is 6.30. The van der Waals surface area contributed by atoms with Gasteiger partial charge in [-0.2, -0.15) is 5.10 Å². The van der Waals surface area contributed by atoms with Crippen molar-refractivity contribution < 1.29 is 9.21 Å². The van der Waals surface area contributed by atoms with Crippen molar-refractivity contribution in [3.63, 3.8) is 0 Å². The van der Waals surface area contributed by atoms with Crippen LogP contribution < -0.4 is 5.32 Å². The number of hydrogen-bond acceptors (Lipinski definition) is 4. The lowest BCUT2D eigenvalue weighted by atomic mass is 10.0. The van der Waals surface area contributed by atoms with Crippen molar-refractivity contribution in [3.05, 3.63) is 95.0 Å². The Morgan fingerprint density at radius 3 is 2.69 bits per heavy atom. The van der Waals surface area contributed by atoms with Gasteiger partial charge in [-0.3, -0.25) is 9.89 Å². The average Bonchev–Trinajstić information content (AvgIpc) is 3.43. The van der Waals surface area contributed by atoms with E-state index >= 15 is 0 Å². The molecular weight excluding hydrogens is 388 g/mol. The lowest BCUT2D eigenvalue weighted by Gasteiger charge is -2.37. The van der Waals surface area contributed by atoms with E-state index in [-0.39, 0.29) is 5.91 Å². The number of nitrogens with one attached hydrogen (secondary N) is 2. The van der Waals surface area contributed by atoms with Crippen molar-refractivity contribution in [2.24, 2.45) is 0 Å². The van der Waals surface area contributed by atoms with Gasteiger partial charge in [0, 0.05) is 21.8 Å². The summed E-state index contributed by atoms with van der Waals surface area (Å²) in [5.41, 5.74) is 4.05. The predicted octanol–water partition coefficient (Wildman–Crippen LogP) is 5.09. The van der Waals surface area contributed by atoms with Crippen LogP contribution in [-0.4, -0.2) is 21.0 Å². The molecule has 29 heavy (non-hydrogen) atoms. The Bertz CT molecular complexity index is 1150. The lowest BCUT2D eigenvalue weighted by Crippen LogP contribution is -2.42. The molecule has 2 aromatic heterocycles. The van der Waals surface area contributed by atoms with Gasteiger partial charge < -0.3 is 14.6 Å². The molecule has 0 spiro atoms. The molecule has 0 saturated heterocycles. The number of halogens is 1. The highest BCUT2D eigenvalue weighted by Gasteiger charge is 2.35. The van der Waals surface area contributed by atoms with Crippen LogP contribution in [0.1, 0.15) is 27.8 Å². The highest BCUT2D eigenvalue weighted by atomic mass is 35.5. The van der Waals surface area contributed by atoms with Crippen LogP contribution in [0.15, 0.2) is 77.5 Å². The molecule has 2 N–H and O–H groups in total. The molecule has 0 radical (unpaired) electrons. The average molecular weight is 405 g/mol. The van der Waals surface area contributed by atoms with Crippen molar-refractivity contribution in [1.82, 2.24) is 15.1 Å². The van der Waals surface area contributed by atoms with Crippen LogP contribution in [0.4, 0.5) is 5.69 Å². The van der Waals surface area contributed by atoms with E-state index in [1.54, 1.807) is 17.4 Å². The second kappa shape index (κ2) is 7.14. The Labute approximate surface area is 172 Å². The number of carbonyl (C=O) groups excluding carboxylic acids is 1. The quantitative estimate of drug-likeness (QED) is 0.497. The summed E-state index contributed by atoms with van der Waals surface area (Å²) in [5, 5.41) is 11.5. The zero-order chi connectivity index (χ0) is 19.8. The molecular formula is C22H17ClN4O2. The van der Waals surface area contributed by atoms with Crippen molar-refractivity contribution in [2.75, 3.05) is 5.32 Å². The third-order valence-electron chi connectivity index (χ3n) is 5.02. The summed E-state index contributed by atoms with van der Waals surface area (Å²) in [4.78, 5) is 15.1. The normalized spacial score (nSPS) is 15.8. The summed E-state index contributed by atoms with van der Waals surface area (Å²) < 4.78 is 5.51. The summed E-state index contributed by atoms with van der Waals surface area (Å²) >= 11 is 6.04. The molecule has 1 aliphatic rings. The molecule has 0 aliphatic carbocycles. The summed E-state index contributed by atoms with van der Waals surface area (Å²) in [6.45, 7) is 0.336. The number of benzene rings is 2. The SMILES string of the molecule is O=C1c2ccccc2NC(c2cn[nH]c2-c2ccc(Cl)cc2)N1Cc1ccco1. The number of anilines is 1. The molecule has 1 amide bonds. The van der Waals surface area contributed by atoms with Crippen molar-refractivity contribution in [3.8, 4) is 11.3 Å². The Kier molecular flexibility index (Phi) is 4.33. The third kappa shape index (κ3) is 3.17. The minimum atomic E-state index is -0.410. The number of aromatic nitrogens is 2. The smallest absolute Gasteiger partial charge is 0.258 e. The Hall–Kier alpha value is -3.51. The summed E-state index contributed by atoms with van der Waals surface area (Å²) in [7, 11) is 0. The number of para-hydroxylation sites is 1. The van der Waals surface area contributed by atoms with Gasteiger partial charge in [0.25, 0.3) is 5.91 Å². The number of H-pyrrole nitrogens is 1. The van der Waals surface area contributed by atoms with Gasteiger partial charge in [-0.05, 0) is 36.4 Å². The predicted molar refractivity (Wildman–Crippen MR) is 110 cm³/mol. The maximum Gasteiger partial charge on any atom is 0.258 e. The highest BCUT2D eigenvalue weighted by Crippen LogP contribution is 2.37. The number of nitrogens with zero attached hydrogens (tertiary/aromatic N) is 2. The molecule has 1 atom stereocenters. The molecule has 2 aromatic carbocycles. The number of amides is 1. The fourth-order valence-electron chi connectivity index (χ4n) is 3.62. The largest absolute Gasteiger partial charge is 0.467 e. The second-order valence-corrected chi connectivity index (χ2v) is 7.25. The van der Waals surface area contributed by atoms with E-state index in [1.807, 2.05) is 60.7 Å². The van der Waals surface area contributed by atoms with Crippen LogP contribution >= 0.6 is 11.6 Å². The van der Waals surface area contributed by atoms with Gasteiger partial charge in [-0.15, -0.1) is 0 Å². The summed E-state index contributed by atoms with van der Waals surface area (Å²) in [6.07, 6.45) is 2.95. The van der Waals surface area contributed by atoms with Crippen molar-refractivity contribution in [1.29, 1.82) is 0 Å². The monoisotopic (exact) mass is 404 g/mol. The van der Waals surface area contributed by atoms with Gasteiger partial charge >= 0.3 is 0 Å². The van der Waals surface area contributed by atoms with Crippen molar-refractivity contribution in [2.45, 2.75) is 12.7 Å². The van der Waals surface area contributed by atoms with E-state index in [9.17, 15) is 4.79 Å². The van der Waals surface area contributed by atoms with Crippen LogP contribution in [0.2, 0.25) is 5.02 Å². The van der Waals surface area contributed by atoms with E-state index < -0.39 is 6.17 Å². The number of rotatable bonds is 4. The molecule has 144 valence electrons. The second-order valence-electron chi connectivity index (χ2n) is 6.81. The number of carbonyl (C=O) groups is 1. The first-order chi connectivity index (χ1) is 14.2. The van der Waals surface area contributed by atoms with E-state index in [0.29, 0.717) is 22.9 Å². The maximum atomic E-state index is 13.3. The zero-order valence-corrected chi connectivity index (χ0v) is 16.1. The zero-order valence-electron chi connectivity index (χ0n) is 15.3. The molecule has 5 rings (SSSR count). The maximum absolute atomic E-state index is 13.3. The fraction of sp³-hybridized carbons (Fsp3) is 0.0909. The van der Waals surface area contributed by atoms with Gasteiger partial charge in [-0.25, -0.2) is 0 Å². The van der Waals surface area contributed by atoms with E-state index in [4.69, 9.17) is 16.0 Å². The molecule has 3 heterocycles. The minimum Gasteiger partial charge on any atom is -0.467 e. The van der Waals surface area contributed by atoms with Crippen LogP contribution in [0.5, 0.6) is 0 Å². The van der Waals surface area contributed by atoms with Gasteiger partial charge in [0.1, 0.15) is 11.9 Å². The third-order valence-corrected chi connectivity index (χ3v) is 5.28. The van der Waals surface area contributed by atoms with Crippen LogP contribution in [0.3, 0.4) is 0 Å². The standard InChI is InChI=1S/C22H17ClN4O2/c23-15-9-7-14(8-10-15)20-18(12-24-26-20)21-25-19-6-2-1-5-17(19)22(28)27(21)13-16-4-3-11-29-16/h1-12,21,25H,13H2,(H,24,26). The lowest BCUT2D eigenvalue weighted by molar-refractivity contribution is 0.0652. The first-order valence-corrected chi connectivity index (χ1v) is 9.56. The van der Waals surface area contributed by atoms with Gasteiger partial charge in [-0.1, -0.05) is 35.9 Å². The van der Waals surface area contributed by atoms with Crippen LogP contribution in [0, 0.1) is 0 Å². The fourth-order valence-corrected chi connectivity index (χ4v) is 3.75. The molecule has 4 aromatic rings. The van der Waals surface area contributed by atoms with E-state index in [1.165, 1.54) is 0 Å². The topological polar surface area (TPSA) is 74.2 Å². The molecule has 1 unspecified atom stereocenters. The van der Waals surface area contributed by atoms with Crippen molar-refractivity contribution >= 4 is 23.2 Å². The number of furan rings is 1. The van der Waals surface area contributed by atoms with E-state index in [2.05, 4.69) is 15.5 Å². The summed E-state index contributed by atoms with van der Waals surface area (Å²) in [5.74, 6) is 0.644. The Balaban J connectivity index is 1.59. The number of fused-ring (bicyclic) bond motifs is 1. The molecule has 0 saturated carbocycles. The Morgan fingerprint density at radius 2 is 1.90 bits per heavy atom. The molecule has 7 heteroatoms. The molecule has 1 aliphatic heterocycles. The van der Waals surface area contributed by atoms with E-state index in [0.717, 1.165) is 22.5 Å². The minimum absolute atomic E-state index is 0.0657. The Morgan fingerprint density at radius 1 is 1.07 bits per heavy atom. The van der Waals surface area contributed by atoms with Crippen LogP contribution in [0.25, 0.3) is 11.3 Å². The van der Waals surface area contributed by atoms with Gasteiger partial charge in [0.05, 0.1) is 30.3 Å². The van der Waals surface area contributed by atoms with Crippen LogP contribution in [-0.2, 0) is 6.54 Å². The number of hydrogen-bond donors (Lipinski definition) is 2. The molecule has 0 bridgehead atoms. The molecule has 0 fully saturated rings. The molecule has 6 nitrogen and oxygen atoms in total. The van der Waals surface area contributed by atoms with Gasteiger partial charge in [0.15, 0.2) is 0 Å². The first kappa shape index (κ1) is 17.6. The summed E-state index contributed by atoms with van der Waals surface area (Å²) in [6, 6.07) is 18.7.